The molecule has 1 amide bonds. The summed E-state index contributed by atoms with van der Waals surface area (Å²) in [6.07, 6.45) is 0. The molecule has 0 atom stereocenters. The molecule has 0 aliphatic rings. The van der Waals surface area contributed by atoms with Gasteiger partial charge >= 0.3 is 0 Å². The lowest BCUT2D eigenvalue weighted by Gasteiger charge is -2.25. The molecule has 0 unspecified atom stereocenters. The molecule has 0 radical (unpaired) electrons. The molecule has 3 aromatic rings. The Hall–Kier alpha value is -2.89. The van der Waals surface area contributed by atoms with Crippen molar-refractivity contribution < 1.29 is 13.2 Å². The van der Waals surface area contributed by atoms with Gasteiger partial charge in [-0.15, -0.1) is 0 Å². The molecule has 164 valence electrons. The minimum absolute atomic E-state index is 0.00493. The molecule has 0 N–H and O–H groups in total. The predicted molar refractivity (Wildman–Crippen MR) is 125 cm³/mol. The zero-order valence-corrected chi connectivity index (χ0v) is 19.6. The Morgan fingerprint density at radius 3 is 2.31 bits per heavy atom. The highest BCUT2D eigenvalue weighted by Crippen LogP contribution is 2.30. The Morgan fingerprint density at radius 1 is 1.00 bits per heavy atom. The normalized spacial score (nSPS) is 11.2. The quantitative estimate of drug-likeness (QED) is 0.491. The van der Waals surface area contributed by atoms with Crippen molar-refractivity contribution in [2.24, 2.45) is 0 Å². The summed E-state index contributed by atoms with van der Waals surface area (Å²) in [5.74, 6) is -0.500. The van der Waals surface area contributed by atoms with E-state index in [1.165, 1.54) is 49.3 Å². The van der Waals surface area contributed by atoms with Crippen LogP contribution >= 0.6 is 23.2 Å². The lowest BCUT2D eigenvalue weighted by Crippen LogP contribution is -2.31. The molecule has 0 heterocycles. The van der Waals surface area contributed by atoms with E-state index in [1.807, 2.05) is 30.3 Å². The van der Waals surface area contributed by atoms with Crippen LogP contribution in [-0.4, -0.2) is 32.7 Å². The Morgan fingerprint density at radius 2 is 1.69 bits per heavy atom. The molecule has 32 heavy (non-hydrogen) atoms. The van der Waals surface area contributed by atoms with Gasteiger partial charge in [-0.05, 0) is 42.0 Å². The van der Waals surface area contributed by atoms with Crippen molar-refractivity contribution in [3.63, 3.8) is 0 Å². The molecule has 9 heteroatoms. The first kappa shape index (κ1) is 23.8. The SMILES string of the molecule is CN(C)S(=O)(=O)c1cc(C(=O)N(Cc2ccccc2)c2cc(Cl)ccc2C#N)ccc1Cl. The summed E-state index contributed by atoms with van der Waals surface area (Å²) in [7, 11) is -1.11. The fourth-order valence-corrected chi connectivity index (χ4v) is 4.60. The third kappa shape index (κ3) is 4.95. The largest absolute Gasteiger partial charge is 0.303 e. The fraction of sp³-hybridized carbons (Fsp3) is 0.130. The van der Waals surface area contributed by atoms with E-state index in [-0.39, 0.29) is 27.6 Å². The van der Waals surface area contributed by atoms with Crippen LogP contribution in [0, 0.1) is 11.3 Å². The van der Waals surface area contributed by atoms with Crippen molar-refractivity contribution in [1.29, 1.82) is 5.26 Å². The first-order valence-corrected chi connectivity index (χ1v) is 11.6. The van der Waals surface area contributed by atoms with Gasteiger partial charge < -0.3 is 4.90 Å². The molecule has 0 spiro atoms. The molecule has 0 saturated carbocycles. The molecule has 0 fully saturated rings. The van der Waals surface area contributed by atoms with Crippen LogP contribution in [0.15, 0.2) is 71.6 Å². The van der Waals surface area contributed by atoms with E-state index in [4.69, 9.17) is 23.2 Å². The molecule has 3 aromatic carbocycles. The van der Waals surface area contributed by atoms with Crippen molar-refractivity contribution >= 4 is 44.8 Å². The standard InChI is InChI=1S/C23H19Cl2N3O3S/c1-27(2)32(30,31)22-12-17(9-11-20(22)25)23(29)28(15-16-6-4-3-5-7-16)21-13-19(24)10-8-18(21)14-26/h3-13H,15H2,1-2H3. The van der Waals surface area contributed by atoms with Gasteiger partial charge in [-0.3, -0.25) is 4.79 Å². The van der Waals surface area contributed by atoms with E-state index in [2.05, 4.69) is 6.07 Å². The minimum atomic E-state index is -3.88. The summed E-state index contributed by atoms with van der Waals surface area (Å²) < 4.78 is 26.3. The average Bonchev–Trinajstić information content (AvgIpc) is 2.77. The lowest BCUT2D eigenvalue weighted by molar-refractivity contribution is 0.0985. The van der Waals surface area contributed by atoms with Gasteiger partial charge in [0.2, 0.25) is 10.0 Å². The number of carbonyl (C=O) groups is 1. The summed E-state index contributed by atoms with van der Waals surface area (Å²) in [6, 6.07) is 20.0. The highest BCUT2D eigenvalue weighted by molar-refractivity contribution is 7.89. The van der Waals surface area contributed by atoms with E-state index in [1.54, 1.807) is 6.07 Å². The number of amides is 1. The topological polar surface area (TPSA) is 81.5 Å². The zero-order chi connectivity index (χ0) is 23.5. The van der Waals surface area contributed by atoms with E-state index in [9.17, 15) is 18.5 Å². The van der Waals surface area contributed by atoms with Crippen molar-refractivity contribution in [3.05, 3.63) is 93.5 Å². The van der Waals surface area contributed by atoms with E-state index in [0.717, 1.165) is 9.87 Å². The van der Waals surface area contributed by atoms with Gasteiger partial charge in [0, 0.05) is 24.7 Å². The van der Waals surface area contributed by atoms with Crippen molar-refractivity contribution in [2.45, 2.75) is 11.4 Å². The van der Waals surface area contributed by atoms with Gasteiger partial charge in [0.25, 0.3) is 5.91 Å². The molecular formula is C23H19Cl2N3O3S. The Balaban J connectivity index is 2.15. The number of rotatable bonds is 6. The first-order valence-electron chi connectivity index (χ1n) is 9.42. The highest BCUT2D eigenvalue weighted by Gasteiger charge is 2.26. The smallest absolute Gasteiger partial charge is 0.258 e. The molecule has 0 saturated heterocycles. The Labute approximate surface area is 197 Å². The minimum Gasteiger partial charge on any atom is -0.303 e. The third-order valence-electron chi connectivity index (χ3n) is 4.74. The van der Waals surface area contributed by atoms with Crippen LogP contribution < -0.4 is 4.90 Å². The second kappa shape index (κ2) is 9.72. The average molecular weight is 488 g/mol. The molecule has 0 aliphatic carbocycles. The maximum absolute atomic E-state index is 13.6. The Kier molecular flexibility index (Phi) is 7.22. The summed E-state index contributed by atoms with van der Waals surface area (Å²) in [6.45, 7) is 0.146. The van der Waals surface area contributed by atoms with E-state index in [0.29, 0.717) is 10.7 Å². The molecular weight excluding hydrogens is 469 g/mol. The molecule has 3 rings (SSSR count). The van der Waals surface area contributed by atoms with Gasteiger partial charge in [-0.2, -0.15) is 5.26 Å². The summed E-state index contributed by atoms with van der Waals surface area (Å²) in [4.78, 5) is 14.8. The summed E-state index contributed by atoms with van der Waals surface area (Å²) in [5, 5.41) is 9.95. The van der Waals surface area contributed by atoms with Crippen LogP contribution in [0.5, 0.6) is 0 Å². The van der Waals surface area contributed by atoms with Gasteiger partial charge in [0.1, 0.15) is 11.0 Å². The number of hydrogen-bond acceptors (Lipinski definition) is 4. The van der Waals surface area contributed by atoms with Crippen LogP contribution in [0.25, 0.3) is 0 Å². The van der Waals surface area contributed by atoms with Crippen LogP contribution in [0.4, 0.5) is 5.69 Å². The monoisotopic (exact) mass is 487 g/mol. The number of nitrogens with zero attached hydrogens (tertiary/aromatic N) is 3. The van der Waals surface area contributed by atoms with Gasteiger partial charge in [0.05, 0.1) is 22.8 Å². The number of carbonyl (C=O) groups excluding carboxylic acids is 1. The van der Waals surface area contributed by atoms with Crippen LogP contribution in [0.2, 0.25) is 10.0 Å². The Bertz CT molecular complexity index is 1300. The molecule has 0 bridgehead atoms. The number of nitriles is 1. The maximum Gasteiger partial charge on any atom is 0.258 e. The first-order chi connectivity index (χ1) is 15.1. The van der Waals surface area contributed by atoms with Gasteiger partial charge in [-0.1, -0.05) is 53.5 Å². The second-order valence-electron chi connectivity index (χ2n) is 7.08. The van der Waals surface area contributed by atoms with Crippen LogP contribution in [0.3, 0.4) is 0 Å². The third-order valence-corrected chi connectivity index (χ3v) is 7.27. The van der Waals surface area contributed by atoms with Crippen LogP contribution in [0.1, 0.15) is 21.5 Å². The summed E-state index contributed by atoms with van der Waals surface area (Å²) >= 11 is 12.3. The zero-order valence-electron chi connectivity index (χ0n) is 17.3. The number of anilines is 1. The van der Waals surface area contributed by atoms with Crippen LogP contribution in [-0.2, 0) is 16.6 Å². The number of benzene rings is 3. The lowest BCUT2D eigenvalue weighted by atomic mass is 10.1. The van der Waals surface area contributed by atoms with E-state index >= 15 is 0 Å². The second-order valence-corrected chi connectivity index (χ2v) is 10.0. The van der Waals surface area contributed by atoms with Gasteiger partial charge in [-0.25, -0.2) is 12.7 Å². The van der Waals surface area contributed by atoms with E-state index < -0.39 is 15.9 Å². The van der Waals surface area contributed by atoms with Gasteiger partial charge in [0.15, 0.2) is 0 Å². The molecule has 0 aromatic heterocycles. The fourth-order valence-electron chi connectivity index (χ4n) is 3.04. The van der Waals surface area contributed by atoms with Crippen molar-refractivity contribution in [3.8, 4) is 6.07 Å². The van der Waals surface area contributed by atoms with Crippen molar-refractivity contribution in [1.82, 2.24) is 4.31 Å². The maximum atomic E-state index is 13.6. The number of sulfonamides is 1. The molecule has 0 aliphatic heterocycles. The predicted octanol–water partition coefficient (Wildman–Crippen LogP) is 4.96. The number of halogens is 2. The number of hydrogen-bond donors (Lipinski definition) is 0. The highest BCUT2D eigenvalue weighted by atomic mass is 35.5. The summed E-state index contributed by atoms with van der Waals surface area (Å²) in [5.41, 5.74) is 1.50. The van der Waals surface area contributed by atoms with Crippen molar-refractivity contribution in [2.75, 3.05) is 19.0 Å². The molecule has 6 nitrogen and oxygen atoms in total.